The molecule has 0 radical (unpaired) electrons. The minimum Gasteiger partial charge on any atom is -0.457 e. The Morgan fingerprint density at radius 2 is 0.844 bits per heavy atom. The standard InChI is InChI=1S/C54H105O9P/c1-3-5-7-9-11-13-15-17-19-21-23-25-27-29-31-33-35-37-39-41-43-45-47-60-50-53(51-62-64(58,59)61-49-52(56)48-55)63-54(57)46-44-42-40-38-36-34-32-30-28-26-24-22-20-18-16-14-12-10-8-6-4-2/h15,17,21,23,52-53,55-56H,3-14,16,18-20,22,24-51H2,1-2H3,(H,58,59)/b17-15-,23-21-. The van der Waals surface area contributed by atoms with E-state index in [-0.39, 0.29) is 25.6 Å². The molecule has 3 unspecified atom stereocenters. The van der Waals surface area contributed by atoms with Crippen molar-refractivity contribution in [2.45, 2.75) is 283 Å². The summed E-state index contributed by atoms with van der Waals surface area (Å²) in [6.45, 7) is 3.57. The molecule has 0 saturated carbocycles. The van der Waals surface area contributed by atoms with Crippen molar-refractivity contribution in [3.63, 3.8) is 0 Å². The Bertz CT molecular complexity index is 1050. The zero-order valence-corrected chi connectivity index (χ0v) is 42.9. The van der Waals surface area contributed by atoms with E-state index in [0.717, 1.165) is 44.9 Å². The second-order valence-electron chi connectivity index (χ2n) is 18.6. The zero-order valence-electron chi connectivity index (χ0n) is 42.0. The second kappa shape index (κ2) is 51.3. The number of hydrogen-bond donors (Lipinski definition) is 3. The van der Waals surface area contributed by atoms with E-state index in [1.807, 2.05) is 0 Å². The molecule has 0 bridgehead atoms. The Labute approximate surface area is 395 Å². The first-order valence-corrected chi connectivity index (χ1v) is 28.8. The van der Waals surface area contributed by atoms with Crippen molar-refractivity contribution in [3.8, 4) is 0 Å². The van der Waals surface area contributed by atoms with Crippen LogP contribution in [-0.2, 0) is 27.9 Å². The molecule has 0 aliphatic heterocycles. The third kappa shape index (κ3) is 50.4. The van der Waals surface area contributed by atoms with Gasteiger partial charge in [-0.1, -0.05) is 244 Å². The van der Waals surface area contributed by atoms with Gasteiger partial charge in [-0.05, 0) is 44.9 Å². The van der Waals surface area contributed by atoms with E-state index in [9.17, 15) is 19.4 Å². The third-order valence-electron chi connectivity index (χ3n) is 12.1. The SMILES string of the molecule is CCCCCCC/C=C\C/C=C\CCCCCCCCCCCCOCC(COP(=O)(O)OCC(O)CO)OC(=O)CCCCCCCCCCCCCCCCCCCCCCC. The average Bonchev–Trinajstić information content (AvgIpc) is 3.29. The van der Waals surface area contributed by atoms with Crippen molar-refractivity contribution >= 4 is 13.8 Å². The lowest BCUT2D eigenvalue weighted by Crippen LogP contribution is -2.29. The largest absolute Gasteiger partial charge is 0.472 e. The monoisotopic (exact) mass is 929 g/mol. The molecule has 10 heteroatoms. The molecule has 0 heterocycles. The maximum absolute atomic E-state index is 12.7. The summed E-state index contributed by atoms with van der Waals surface area (Å²) >= 11 is 0. The first kappa shape index (κ1) is 62.9. The summed E-state index contributed by atoms with van der Waals surface area (Å²) in [5.41, 5.74) is 0. The van der Waals surface area contributed by atoms with E-state index in [4.69, 9.17) is 23.6 Å². The molecule has 64 heavy (non-hydrogen) atoms. The minimum atomic E-state index is -4.52. The Hall–Kier alpha value is -1.06. The molecule has 380 valence electrons. The molecule has 0 fully saturated rings. The number of carbonyl (C=O) groups excluding carboxylic acids is 1. The lowest BCUT2D eigenvalue weighted by molar-refractivity contribution is -0.154. The van der Waals surface area contributed by atoms with Crippen LogP contribution < -0.4 is 0 Å². The molecule has 9 nitrogen and oxygen atoms in total. The van der Waals surface area contributed by atoms with Crippen LogP contribution in [-0.4, -0.2) is 66.3 Å². The maximum Gasteiger partial charge on any atom is 0.472 e. The van der Waals surface area contributed by atoms with Gasteiger partial charge in [0.05, 0.1) is 26.4 Å². The van der Waals surface area contributed by atoms with E-state index in [1.165, 1.54) is 205 Å². The highest BCUT2D eigenvalue weighted by Gasteiger charge is 2.26. The number of esters is 1. The second-order valence-corrected chi connectivity index (χ2v) is 20.1. The first-order chi connectivity index (χ1) is 31.3. The third-order valence-corrected chi connectivity index (χ3v) is 13.1. The molecule has 0 aromatic rings. The fourth-order valence-corrected chi connectivity index (χ4v) is 8.77. The summed E-state index contributed by atoms with van der Waals surface area (Å²) in [6, 6.07) is 0. The van der Waals surface area contributed by atoms with Gasteiger partial charge in [0.25, 0.3) is 0 Å². The van der Waals surface area contributed by atoms with Gasteiger partial charge in [-0.15, -0.1) is 0 Å². The van der Waals surface area contributed by atoms with Crippen LogP contribution >= 0.6 is 7.82 Å². The average molecular weight is 929 g/mol. The number of phosphoric acid groups is 1. The van der Waals surface area contributed by atoms with Crippen LogP contribution in [0.4, 0.5) is 0 Å². The highest BCUT2D eigenvalue weighted by molar-refractivity contribution is 7.47. The first-order valence-electron chi connectivity index (χ1n) is 27.3. The van der Waals surface area contributed by atoms with E-state index < -0.39 is 33.2 Å². The van der Waals surface area contributed by atoms with Gasteiger partial charge in [-0.3, -0.25) is 13.8 Å². The lowest BCUT2D eigenvalue weighted by Gasteiger charge is -2.20. The van der Waals surface area contributed by atoms with Crippen LogP contribution in [0.5, 0.6) is 0 Å². The Morgan fingerprint density at radius 3 is 1.25 bits per heavy atom. The normalized spacial score (nSPS) is 13.9. The van der Waals surface area contributed by atoms with E-state index in [0.29, 0.717) is 6.61 Å². The van der Waals surface area contributed by atoms with Crippen LogP contribution in [0.15, 0.2) is 24.3 Å². The van der Waals surface area contributed by atoms with Crippen LogP contribution in [0.25, 0.3) is 0 Å². The molecule has 0 rings (SSSR count). The summed E-state index contributed by atoms with van der Waals surface area (Å²) in [4.78, 5) is 22.7. The minimum absolute atomic E-state index is 0.0520. The molecule has 0 aliphatic carbocycles. The molecule has 0 aromatic carbocycles. The molecule has 0 saturated heterocycles. The predicted octanol–water partition coefficient (Wildman–Crippen LogP) is 16.2. The number of phosphoric ester groups is 1. The topological polar surface area (TPSA) is 132 Å². The number of allylic oxidation sites excluding steroid dienone is 4. The summed E-state index contributed by atoms with van der Waals surface area (Å²) in [6.07, 6.45) is 57.2. The summed E-state index contributed by atoms with van der Waals surface area (Å²) in [5, 5.41) is 18.4. The quantitative estimate of drug-likeness (QED) is 0.0236. The number of carbonyl (C=O) groups is 1. The number of aliphatic hydroxyl groups is 2. The highest BCUT2D eigenvalue weighted by Crippen LogP contribution is 2.43. The Balaban J connectivity index is 4.01. The van der Waals surface area contributed by atoms with Gasteiger partial charge in [-0.25, -0.2) is 4.57 Å². The molecule has 3 atom stereocenters. The number of unbranched alkanes of at least 4 members (excludes halogenated alkanes) is 35. The van der Waals surface area contributed by atoms with Crippen LogP contribution in [0, 0.1) is 0 Å². The molecular formula is C54H105O9P. The smallest absolute Gasteiger partial charge is 0.457 e. The summed E-state index contributed by atoms with van der Waals surface area (Å²) in [5.74, 6) is -0.377. The predicted molar refractivity (Wildman–Crippen MR) is 270 cm³/mol. The fraction of sp³-hybridized carbons (Fsp3) is 0.907. The Morgan fingerprint density at radius 1 is 0.484 bits per heavy atom. The number of aliphatic hydroxyl groups excluding tert-OH is 2. The highest BCUT2D eigenvalue weighted by atomic mass is 31.2. The molecular weight excluding hydrogens is 824 g/mol. The van der Waals surface area contributed by atoms with Gasteiger partial charge in [0.15, 0.2) is 0 Å². The van der Waals surface area contributed by atoms with Gasteiger partial charge in [0.1, 0.15) is 12.2 Å². The van der Waals surface area contributed by atoms with Crippen molar-refractivity contribution in [3.05, 3.63) is 24.3 Å². The van der Waals surface area contributed by atoms with Crippen molar-refractivity contribution in [2.75, 3.05) is 33.0 Å². The van der Waals surface area contributed by atoms with E-state index in [2.05, 4.69) is 38.2 Å². The van der Waals surface area contributed by atoms with Crippen molar-refractivity contribution in [1.29, 1.82) is 0 Å². The maximum atomic E-state index is 12.7. The summed E-state index contributed by atoms with van der Waals surface area (Å²) in [7, 11) is -4.52. The molecule has 0 amide bonds. The molecule has 3 N–H and O–H groups in total. The summed E-state index contributed by atoms with van der Waals surface area (Å²) < 4.78 is 33.6. The Kier molecular flexibility index (Phi) is 50.5. The fourth-order valence-electron chi connectivity index (χ4n) is 7.98. The van der Waals surface area contributed by atoms with Gasteiger partial charge in [0.2, 0.25) is 0 Å². The van der Waals surface area contributed by atoms with Crippen LogP contribution in [0.3, 0.4) is 0 Å². The van der Waals surface area contributed by atoms with Gasteiger partial charge >= 0.3 is 13.8 Å². The molecule has 0 spiro atoms. The number of ether oxygens (including phenoxy) is 2. The molecule has 0 aliphatic rings. The number of hydrogen-bond acceptors (Lipinski definition) is 8. The van der Waals surface area contributed by atoms with Gasteiger partial charge < -0.3 is 24.6 Å². The van der Waals surface area contributed by atoms with Crippen LogP contribution in [0.2, 0.25) is 0 Å². The lowest BCUT2D eigenvalue weighted by atomic mass is 10.0. The van der Waals surface area contributed by atoms with E-state index >= 15 is 0 Å². The van der Waals surface area contributed by atoms with Crippen molar-refractivity contribution in [1.82, 2.24) is 0 Å². The van der Waals surface area contributed by atoms with Gasteiger partial charge in [0, 0.05) is 13.0 Å². The van der Waals surface area contributed by atoms with E-state index in [1.54, 1.807) is 0 Å². The van der Waals surface area contributed by atoms with Crippen LogP contribution in [0.1, 0.15) is 271 Å². The van der Waals surface area contributed by atoms with Crippen molar-refractivity contribution < 1.29 is 43.0 Å². The number of rotatable bonds is 53. The van der Waals surface area contributed by atoms with Gasteiger partial charge in [-0.2, -0.15) is 0 Å². The molecule has 0 aromatic heterocycles. The van der Waals surface area contributed by atoms with Crippen molar-refractivity contribution in [2.24, 2.45) is 0 Å². The zero-order chi connectivity index (χ0) is 46.7.